The highest BCUT2D eigenvalue weighted by atomic mass is 16.2. The molecule has 0 bridgehead atoms. The first-order chi connectivity index (χ1) is 7.06. The normalized spacial score (nSPS) is 27.9. The number of amides is 1. The molecule has 0 saturated heterocycles. The molecule has 0 aliphatic heterocycles. The van der Waals surface area contributed by atoms with Gasteiger partial charge >= 0.3 is 0 Å². The number of nitriles is 1. The lowest BCUT2D eigenvalue weighted by Crippen LogP contribution is -2.41. The molecule has 15 heavy (non-hydrogen) atoms. The molecule has 0 aromatic heterocycles. The topological polar surface area (TPSA) is 44.1 Å². The van der Waals surface area contributed by atoms with Gasteiger partial charge < -0.3 is 4.90 Å². The first kappa shape index (κ1) is 12.0. The molecule has 1 rings (SSSR count). The zero-order valence-electron chi connectivity index (χ0n) is 9.86. The summed E-state index contributed by atoms with van der Waals surface area (Å²) in [7, 11) is 1.83. The molecule has 84 valence electrons. The van der Waals surface area contributed by atoms with Gasteiger partial charge in [0.25, 0.3) is 0 Å². The maximum Gasteiger partial charge on any atom is 0.239 e. The van der Waals surface area contributed by atoms with Gasteiger partial charge in [0.1, 0.15) is 5.92 Å². The highest BCUT2D eigenvalue weighted by molar-refractivity contribution is 5.80. The van der Waals surface area contributed by atoms with Gasteiger partial charge in [-0.3, -0.25) is 4.79 Å². The molecule has 0 N–H and O–H groups in total. The second-order valence-corrected chi connectivity index (χ2v) is 4.71. The number of nitrogens with zero attached hydrogens (tertiary/aromatic N) is 2. The number of hydrogen-bond donors (Lipinski definition) is 0. The monoisotopic (exact) mass is 208 g/mol. The first-order valence-electron chi connectivity index (χ1n) is 5.72. The van der Waals surface area contributed by atoms with Crippen LogP contribution in [0.5, 0.6) is 0 Å². The number of rotatable bonds is 2. The Labute approximate surface area is 92.1 Å². The zero-order valence-corrected chi connectivity index (χ0v) is 9.86. The summed E-state index contributed by atoms with van der Waals surface area (Å²) in [6.07, 6.45) is 4.57. The average molecular weight is 208 g/mol. The molecule has 0 radical (unpaired) electrons. The Balaban J connectivity index is 2.50. The molecule has 3 nitrogen and oxygen atoms in total. The van der Waals surface area contributed by atoms with Crippen molar-refractivity contribution in [1.29, 1.82) is 5.26 Å². The number of carbonyl (C=O) groups is 1. The smallest absolute Gasteiger partial charge is 0.239 e. The van der Waals surface area contributed by atoms with E-state index in [0.717, 1.165) is 18.8 Å². The lowest BCUT2D eigenvalue weighted by molar-refractivity contribution is -0.134. The van der Waals surface area contributed by atoms with E-state index in [0.29, 0.717) is 6.04 Å². The summed E-state index contributed by atoms with van der Waals surface area (Å²) < 4.78 is 0. The van der Waals surface area contributed by atoms with Crippen LogP contribution in [0.25, 0.3) is 0 Å². The van der Waals surface area contributed by atoms with Crippen molar-refractivity contribution in [1.82, 2.24) is 4.90 Å². The summed E-state index contributed by atoms with van der Waals surface area (Å²) in [5, 5.41) is 8.70. The molecule has 1 atom stereocenters. The molecular weight excluding hydrogens is 188 g/mol. The lowest BCUT2D eigenvalue weighted by Gasteiger charge is -2.34. The molecular formula is C12H20N2O. The predicted molar refractivity (Wildman–Crippen MR) is 59.0 cm³/mol. The van der Waals surface area contributed by atoms with Crippen LogP contribution in [0.3, 0.4) is 0 Å². The van der Waals surface area contributed by atoms with Gasteiger partial charge in [-0.25, -0.2) is 0 Å². The fraction of sp³-hybridized carbons (Fsp3) is 0.833. The Morgan fingerprint density at radius 3 is 2.40 bits per heavy atom. The van der Waals surface area contributed by atoms with Crippen LogP contribution < -0.4 is 0 Å². The van der Waals surface area contributed by atoms with E-state index in [9.17, 15) is 4.79 Å². The molecule has 1 unspecified atom stereocenters. The van der Waals surface area contributed by atoms with Gasteiger partial charge in [0.05, 0.1) is 6.07 Å². The zero-order chi connectivity index (χ0) is 11.4. The standard InChI is InChI=1S/C12H20N2O/c1-9-4-6-11(7-5-9)14(3)12(15)10(2)8-13/h9-11H,4-7H2,1-3H3. The third-order valence-electron chi connectivity index (χ3n) is 3.44. The van der Waals surface area contributed by atoms with Crippen LogP contribution in [0.1, 0.15) is 39.5 Å². The van der Waals surface area contributed by atoms with Crippen LogP contribution in [-0.4, -0.2) is 23.9 Å². The van der Waals surface area contributed by atoms with Gasteiger partial charge in [-0.15, -0.1) is 0 Å². The minimum atomic E-state index is -0.505. The fourth-order valence-corrected chi connectivity index (χ4v) is 2.17. The highest BCUT2D eigenvalue weighted by Crippen LogP contribution is 2.26. The largest absolute Gasteiger partial charge is 0.342 e. The van der Waals surface area contributed by atoms with Crippen LogP contribution in [0.2, 0.25) is 0 Å². The van der Waals surface area contributed by atoms with Crippen molar-refractivity contribution in [2.75, 3.05) is 7.05 Å². The van der Waals surface area contributed by atoms with Crippen molar-refractivity contribution in [2.45, 2.75) is 45.6 Å². The van der Waals surface area contributed by atoms with Gasteiger partial charge in [-0.05, 0) is 38.5 Å². The van der Waals surface area contributed by atoms with Gasteiger partial charge in [0, 0.05) is 13.1 Å². The van der Waals surface area contributed by atoms with E-state index in [1.54, 1.807) is 11.8 Å². The van der Waals surface area contributed by atoms with E-state index in [4.69, 9.17) is 5.26 Å². The molecule has 1 aliphatic rings. The van der Waals surface area contributed by atoms with E-state index >= 15 is 0 Å². The van der Waals surface area contributed by atoms with E-state index in [1.807, 2.05) is 13.1 Å². The number of carbonyl (C=O) groups excluding carboxylic acids is 1. The van der Waals surface area contributed by atoms with E-state index in [2.05, 4.69) is 6.92 Å². The molecule has 0 heterocycles. The Morgan fingerprint density at radius 2 is 1.93 bits per heavy atom. The molecule has 1 saturated carbocycles. The summed E-state index contributed by atoms with van der Waals surface area (Å²) in [5.74, 6) is 0.254. The van der Waals surface area contributed by atoms with E-state index in [1.165, 1.54) is 12.8 Å². The lowest BCUT2D eigenvalue weighted by atomic mass is 9.86. The SMILES string of the molecule is CC1CCC(N(C)C(=O)C(C)C#N)CC1. The molecule has 0 aromatic carbocycles. The van der Waals surface area contributed by atoms with Crippen LogP contribution in [0, 0.1) is 23.2 Å². The Hall–Kier alpha value is -1.04. The van der Waals surface area contributed by atoms with Crippen molar-refractivity contribution in [3.05, 3.63) is 0 Å². The Kier molecular flexibility index (Phi) is 4.14. The van der Waals surface area contributed by atoms with Crippen LogP contribution in [0.4, 0.5) is 0 Å². The summed E-state index contributed by atoms with van der Waals surface area (Å²) in [5.41, 5.74) is 0. The first-order valence-corrected chi connectivity index (χ1v) is 5.72. The fourth-order valence-electron chi connectivity index (χ4n) is 2.17. The molecule has 1 aliphatic carbocycles. The van der Waals surface area contributed by atoms with Gasteiger partial charge in [-0.1, -0.05) is 6.92 Å². The van der Waals surface area contributed by atoms with Crippen molar-refractivity contribution in [2.24, 2.45) is 11.8 Å². The molecule has 1 amide bonds. The molecule has 0 aromatic rings. The summed E-state index contributed by atoms with van der Waals surface area (Å²) in [6.45, 7) is 3.93. The second kappa shape index (κ2) is 5.16. The van der Waals surface area contributed by atoms with E-state index < -0.39 is 5.92 Å². The van der Waals surface area contributed by atoms with Crippen molar-refractivity contribution in [3.8, 4) is 6.07 Å². The Bertz CT molecular complexity index is 261. The quantitative estimate of drug-likeness (QED) is 0.698. The van der Waals surface area contributed by atoms with Gasteiger partial charge in [0.2, 0.25) is 5.91 Å². The third kappa shape index (κ3) is 2.95. The minimum absolute atomic E-state index is 0.0305. The van der Waals surface area contributed by atoms with Crippen LogP contribution in [-0.2, 0) is 4.79 Å². The van der Waals surface area contributed by atoms with Gasteiger partial charge in [0.15, 0.2) is 0 Å². The van der Waals surface area contributed by atoms with Crippen molar-refractivity contribution < 1.29 is 4.79 Å². The second-order valence-electron chi connectivity index (χ2n) is 4.71. The van der Waals surface area contributed by atoms with Crippen molar-refractivity contribution >= 4 is 5.91 Å². The van der Waals surface area contributed by atoms with Crippen LogP contribution >= 0.6 is 0 Å². The molecule has 0 spiro atoms. The average Bonchev–Trinajstić information content (AvgIpc) is 2.27. The third-order valence-corrected chi connectivity index (χ3v) is 3.44. The summed E-state index contributed by atoms with van der Waals surface area (Å²) >= 11 is 0. The molecule has 3 heteroatoms. The highest BCUT2D eigenvalue weighted by Gasteiger charge is 2.27. The van der Waals surface area contributed by atoms with Gasteiger partial charge in [-0.2, -0.15) is 5.26 Å². The van der Waals surface area contributed by atoms with E-state index in [-0.39, 0.29) is 5.91 Å². The summed E-state index contributed by atoms with van der Waals surface area (Å²) in [6, 6.07) is 2.35. The Morgan fingerprint density at radius 1 is 1.40 bits per heavy atom. The predicted octanol–water partition coefficient (Wildman–Crippen LogP) is 2.18. The minimum Gasteiger partial charge on any atom is -0.342 e. The molecule has 1 fully saturated rings. The van der Waals surface area contributed by atoms with Crippen molar-refractivity contribution in [3.63, 3.8) is 0 Å². The van der Waals surface area contributed by atoms with Crippen LogP contribution in [0.15, 0.2) is 0 Å². The number of hydrogen-bond acceptors (Lipinski definition) is 2. The maximum absolute atomic E-state index is 11.8. The maximum atomic E-state index is 11.8. The summed E-state index contributed by atoms with van der Waals surface area (Å²) in [4.78, 5) is 13.5.